The van der Waals surface area contributed by atoms with E-state index in [1.807, 2.05) is 13.0 Å². The molecule has 0 aromatic heterocycles. The molecule has 1 aliphatic heterocycles. The zero-order chi connectivity index (χ0) is 19.9. The highest BCUT2D eigenvalue weighted by Gasteiger charge is 2.21. The quantitative estimate of drug-likeness (QED) is 0.755. The van der Waals surface area contributed by atoms with Crippen LogP contribution in [0.3, 0.4) is 0 Å². The highest BCUT2D eigenvalue weighted by Crippen LogP contribution is 2.20. The Hall–Kier alpha value is -2.37. The summed E-state index contributed by atoms with van der Waals surface area (Å²) in [7, 11) is 0. The van der Waals surface area contributed by atoms with Gasteiger partial charge in [0.1, 0.15) is 0 Å². The SMILES string of the molecule is Cc1ccc(NC(=O)C(=O)NCC2CCN(Cc3ccccc3)CC2)cc1Cl. The Labute approximate surface area is 171 Å². The Kier molecular flexibility index (Phi) is 7.06. The van der Waals surface area contributed by atoms with E-state index in [4.69, 9.17) is 11.6 Å². The van der Waals surface area contributed by atoms with Crippen LogP contribution in [-0.2, 0) is 16.1 Å². The number of amides is 2. The maximum Gasteiger partial charge on any atom is 0.313 e. The largest absolute Gasteiger partial charge is 0.348 e. The second-order valence-corrected chi connectivity index (χ2v) is 7.74. The van der Waals surface area contributed by atoms with Crippen molar-refractivity contribution < 1.29 is 9.59 Å². The van der Waals surface area contributed by atoms with Gasteiger partial charge in [-0.25, -0.2) is 0 Å². The molecule has 5 nitrogen and oxygen atoms in total. The molecule has 0 unspecified atom stereocenters. The van der Waals surface area contributed by atoms with Crippen LogP contribution >= 0.6 is 11.6 Å². The van der Waals surface area contributed by atoms with Gasteiger partial charge in [0, 0.05) is 23.8 Å². The number of hydrogen-bond acceptors (Lipinski definition) is 3. The van der Waals surface area contributed by atoms with E-state index >= 15 is 0 Å². The summed E-state index contributed by atoms with van der Waals surface area (Å²) in [5, 5.41) is 5.90. The third-order valence-corrected chi connectivity index (χ3v) is 5.55. The monoisotopic (exact) mass is 399 g/mol. The first-order chi connectivity index (χ1) is 13.5. The van der Waals surface area contributed by atoms with E-state index < -0.39 is 11.8 Å². The van der Waals surface area contributed by atoms with Crippen LogP contribution < -0.4 is 10.6 Å². The highest BCUT2D eigenvalue weighted by molar-refractivity contribution is 6.39. The van der Waals surface area contributed by atoms with Gasteiger partial charge in [-0.1, -0.05) is 48.0 Å². The first-order valence-corrected chi connectivity index (χ1v) is 10.0. The first kappa shape index (κ1) is 20.4. The molecule has 2 aromatic rings. The van der Waals surface area contributed by atoms with Crippen molar-refractivity contribution in [3.63, 3.8) is 0 Å². The predicted molar refractivity (Wildman–Crippen MR) is 112 cm³/mol. The molecule has 148 valence electrons. The molecule has 0 radical (unpaired) electrons. The molecule has 0 atom stereocenters. The molecule has 0 bridgehead atoms. The summed E-state index contributed by atoms with van der Waals surface area (Å²) in [4.78, 5) is 26.6. The zero-order valence-electron chi connectivity index (χ0n) is 16.1. The number of halogens is 1. The van der Waals surface area contributed by atoms with Crippen LogP contribution in [-0.4, -0.2) is 36.3 Å². The molecule has 1 aliphatic rings. The minimum atomic E-state index is -0.665. The molecule has 2 aromatic carbocycles. The van der Waals surface area contributed by atoms with E-state index in [9.17, 15) is 9.59 Å². The van der Waals surface area contributed by atoms with Gasteiger partial charge in [-0.15, -0.1) is 0 Å². The summed E-state index contributed by atoms with van der Waals surface area (Å²) in [6.07, 6.45) is 2.03. The topological polar surface area (TPSA) is 61.4 Å². The van der Waals surface area contributed by atoms with Crippen molar-refractivity contribution in [2.75, 3.05) is 25.0 Å². The lowest BCUT2D eigenvalue weighted by atomic mass is 9.96. The van der Waals surface area contributed by atoms with E-state index in [-0.39, 0.29) is 0 Å². The summed E-state index contributed by atoms with van der Waals surface area (Å²) in [5.41, 5.74) is 2.76. The number of anilines is 1. The minimum absolute atomic E-state index is 0.401. The first-order valence-electron chi connectivity index (χ1n) is 9.63. The van der Waals surface area contributed by atoms with Gasteiger partial charge in [-0.3, -0.25) is 14.5 Å². The van der Waals surface area contributed by atoms with Gasteiger partial charge in [-0.05, 0) is 62.0 Å². The van der Waals surface area contributed by atoms with Gasteiger partial charge in [-0.2, -0.15) is 0 Å². The Balaban J connectivity index is 1.39. The van der Waals surface area contributed by atoms with E-state index in [1.165, 1.54) is 5.56 Å². The molecule has 3 rings (SSSR count). The van der Waals surface area contributed by atoms with Crippen LogP contribution in [0.5, 0.6) is 0 Å². The third-order valence-electron chi connectivity index (χ3n) is 5.14. The average molecular weight is 400 g/mol. The molecule has 2 amide bonds. The maximum atomic E-state index is 12.1. The lowest BCUT2D eigenvalue weighted by Crippen LogP contribution is -2.41. The fraction of sp³-hybridized carbons (Fsp3) is 0.364. The maximum absolute atomic E-state index is 12.1. The second-order valence-electron chi connectivity index (χ2n) is 7.33. The number of rotatable bonds is 5. The standard InChI is InChI=1S/C22H26ClN3O2/c1-16-7-8-19(13-20(16)23)25-22(28)21(27)24-14-17-9-11-26(12-10-17)15-18-5-3-2-4-6-18/h2-8,13,17H,9-12,14-15H2,1H3,(H,24,27)(H,25,28). The molecule has 2 N–H and O–H groups in total. The van der Waals surface area contributed by atoms with E-state index in [0.717, 1.165) is 38.0 Å². The molecular formula is C22H26ClN3O2. The third kappa shape index (κ3) is 5.81. The van der Waals surface area contributed by atoms with Gasteiger partial charge in [0.15, 0.2) is 0 Å². The fourth-order valence-electron chi connectivity index (χ4n) is 3.37. The van der Waals surface area contributed by atoms with Crippen LogP contribution in [0.2, 0.25) is 5.02 Å². The molecule has 28 heavy (non-hydrogen) atoms. The van der Waals surface area contributed by atoms with Crippen molar-refractivity contribution in [1.29, 1.82) is 0 Å². The summed E-state index contributed by atoms with van der Waals surface area (Å²) in [6.45, 7) is 5.38. The molecule has 0 spiro atoms. The average Bonchev–Trinajstić information content (AvgIpc) is 2.71. The van der Waals surface area contributed by atoms with Gasteiger partial charge in [0.2, 0.25) is 0 Å². The molecular weight excluding hydrogens is 374 g/mol. The number of carbonyl (C=O) groups excluding carboxylic acids is 2. The smallest absolute Gasteiger partial charge is 0.313 e. The van der Waals surface area contributed by atoms with Gasteiger partial charge in [0.05, 0.1) is 0 Å². The van der Waals surface area contributed by atoms with Crippen molar-refractivity contribution in [1.82, 2.24) is 10.2 Å². The minimum Gasteiger partial charge on any atom is -0.348 e. The van der Waals surface area contributed by atoms with Crippen molar-refractivity contribution in [3.8, 4) is 0 Å². The summed E-state index contributed by atoms with van der Waals surface area (Å²) < 4.78 is 0. The van der Waals surface area contributed by atoms with Crippen LogP contribution in [0, 0.1) is 12.8 Å². The van der Waals surface area contributed by atoms with E-state index in [2.05, 4.69) is 39.8 Å². The molecule has 1 saturated heterocycles. The Morgan fingerprint density at radius 2 is 1.79 bits per heavy atom. The zero-order valence-corrected chi connectivity index (χ0v) is 16.8. The van der Waals surface area contributed by atoms with Crippen LogP contribution in [0.15, 0.2) is 48.5 Å². The van der Waals surface area contributed by atoms with Crippen LogP contribution in [0.25, 0.3) is 0 Å². The molecule has 0 saturated carbocycles. The summed E-state index contributed by atoms with van der Waals surface area (Å²) in [6, 6.07) is 15.6. The van der Waals surface area contributed by atoms with Crippen LogP contribution in [0.4, 0.5) is 5.69 Å². The van der Waals surface area contributed by atoms with Crippen LogP contribution in [0.1, 0.15) is 24.0 Å². The Morgan fingerprint density at radius 3 is 2.46 bits per heavy atom. The highest BCUT2D eigenvalue weighted by atomic mass is 35.5. The van der Waals surface area contributed by atoms with Gasteiger partial charge >= 0.3 is 11.8 Å². The van der Waals surface area contributed by atoms with Crippen molar-refractivity contribution in [2.24, 2.45) is 5.92 Å². The Bertz CT molecular complexity index is 818. The number of likely N-dealkylation sites (tertiary alicyclic amines) is 1. The number of hydrogen-bond donors (Lipinski definition) is 2. The second kappa shape index (κ2) is 9.71. The van der Waals surface area contributed by atoms with Crippen molar-refractivity contribution >= 4 is 29.1 Å². The molecule has 1 heterocycles. The number of nitrogens with one attached hydrogen (secondary N) is 2. The molecule has 1 fully saturated rings. The number of benzene rings is 2. The van der Waals surface area contributed by atoms with E-state index in [1.54, 1.807) is 18.2 Å². The summed E-state index contributed by atoms with van der Waals surface area (Å²) >= 11 is 6.05. The lowest BCUT2D eigenvalue weighted by Gasteiger charge is -2.32. The lowest BCUT2D eigenvalue weighted by molar-refractivity contribution is -0.136. The van der Waals surface area contributed by atoms with E-state index in [0.29, 0.717) is 23.2 Å². The molecule has 0 aliphatic carbocycles. The van der Waals surface area contributed by atoms with Crippen molar-refractivity contribution in [2.45, 2.75) is 26.3 Å². The van der Waals surface area contributed by atoms with Gasteiger partial charge in [0.25, 0.3) is 0 Å². The normalized spacial score (nSPS) is 15.2. The number of nitrogens with zero attached hydrogens (tertiary/aromatic N) is 1. The summed E-state index contributed by atoms with van der Waals surface area (Å²) in [5.74, 6) is -0.873. The molecule has 6 heteroatoms. The predicted octanol–water partition coefficient (Wildman–Crippen LogP) is 3.62. The number of carbonyl (C=O) groups is 2. The number of aryl methyl sites for hydroxylation is 1. The van der Waals surface area contributed by atoms with Gasteiger partial charge < -0.3 is 10.6 Å². The number of piperidine rings is 1. The van der Waals surface area contributed by atoms with Crippen molar-refractivity contribution in [3.05, 3.63) is 64.7 Å². The Morgan fingerprint density at radius 1 is 1.07 bits per heavy atom. The fourth-order valence-corrected chi connectivity index (χ4v) is 3.55.